The lowest BCUT2D eigenvalue weighted by Gasteiger charge is -2.37. The molecule has 0 bridgehead atoms. The van der Waals surface area contributed by atoms with Crippen LogP contribution in [0.25, 0.3) is 0 Å². The molecule has 2 aromatic carbocycles. The zero-order valence-electron chi connectivity index (χ0n) is 25.6. The van der Waals surface area contributed by atoms with Crippen molar-refractivity contribution in [3.05, 3.63) is 59.2 Å². The Morgan fingerprint density at radius 3 is 2.47 bits per heavy atom. The Hall–Kier alpha value is -3.54. The Kier molecular flexibility index (Phi) is 9.39. The number of imide groups is 1. The molecule has 0 spiro atoms. The molecule has 3 fully saturated rings. The minimum absolute atomic E-state index is 0.131. The van der Waals surface area contributed by atoms with E-state index in [0.717, 1.165) is 86.1 Å². The van der Waals surface area contributed by atoms with E-state index in [1.807, 2.05) is 30.3 Å². The van der Waals surface area contributed by atoms with Crippen molar-refractivity contribution in [2.75, 3.05) is 53.6 Å². The van der Waals surface area contributed by atoms with E-state index in [2.05, 4.69) is 49.5 Å². The number of benzene rings is 2. The predicted octanol–water partition coefficient (Wildman–Crippen LogP) is 5.03. The molecule has 4 heterocycles. The molecule has 10 nitrogen and oxygen atoms in total. The summed E-state index contributed by atoms with van der Waals surface area (Å²) >= 11 is 8.28. The maximum atomic E-state index is 12.2. The summed E-state index contributed by atoms with van der Waals surface area (Å²) in [6, 6.07) is 14.2. The molecule has 0 aliphatic carbocycles. The van der Waals surface area contributed by atoms with Crippen molar-refractivity contribution in [2.45, 2.75) is 66.8 Å². The van der Waals surface area contributed by atoms with Gasteiger partial charge in [0.25, 0.3) is 0 Å². The number of nitrogens with two attached hydrogens (primary N) is 2. The van der Waals surface area contributed by atoms with Crippen LogP contribution in [0.3, 0.4) is 0 Å². The van der Waals surface area contributed by atoms with E-state index in [-0.39, 0.29) is 23.3 Å². The molecule has 2 amide bonds. The third kappa shape index (κ3) is 7.48. The third-order valence-electron chi connectivity index (χ3n) is 9.25. The number of anilines is 4. The molecule has 6 rings (SSSR count). The summed E-state index contributed by atoms with van der Waals surface area (Å²) in [5.74, 6) is 1.06. The number of amides is 2. The Labute approximate surface area is 273 Å². The van der Waals surface area contributed by atoms with Crippen molar-refractivity contribution >= 4 is 58.2 Å². The summed E-state index contributed by atoms with van der Waals surface area (Å²) in [7, 11) is 0. The zero-order valence-corrected chi connectivity index (χ0v) is 27.2. The van der Waals surface area contributed by atoms with Crippen LogP contribution in [0.2, 0.25) is 5.02 Å². The summed E-state index contributed by atoms with van der Waals surface area (Å²) < 4.78 is 0. The molecule has 3 aromatic rings. The lowest BCUT2D eigenvalue weighted by molar-refractivity contribution is -0.134. The van der Waals surface area contributed by atoms with E-state index in [4.69, 9.17) is 23.1 Å². The summed E-state index contributed by atoms with van der Waals surface area (Å²) in [5.41, 5.74) is 15.5. The van der Waals surface area contributed by atoms with Crippen molar-refractivity contribution in [1.82, 2.24) is 15.3 Å². The van der Waals surface area contributed by atoms with Gasteiger partial charge in [-0.05, 0) is 74.8 Å². The van der Waals surface area contributed by atoms with Crippen LogP contribution in [0.4, 0.5) is 23.0 Å². The molecule has 3 aliphatic rings. The number of nitrogens with zero attached hydrogens (tertiary/aromatic N) is 4. The van der Waals surface area contributed by atoms with Gasteiger partial charge in [0.2, 0.25) is 11.8 Å². The molecule has 6 N–H and O–H groups in total. The predicted molar refractivity (Wildman–Crippen MR) is 181 cm³/mol. The maximum Gasteiger partial charge on any atom is 0.234 e. The van der Waals surface area contributed by atoms with Crippen LogP contribution < -0.4 is 31.9 Å². The number of hydrogen-bond donors (Lipinski definition) is 4. The van der Waals surface area contributed by atoms with E-state index < -0.39 is 0 Å². The van der Waals surface area contributed by atoms with Gasteiger partial charge in [-0.25, -0.2) is 9.97 Å². The summed E-state index contributed by atoms with van der Waals surface area (Å²) in [6.45, 7) is 6.53. The van der Waals surface area contributed by atoms with Gasteiger partial charge in [0, 0.05) is 55.3 Å². The number of nitrogen functional groups attached to an aromatic ring is 1. The number of carbonyl (C=O) groups excluding carboxylic acids is 2. The SMILES string of the molecule is CC1(N)CCN(c2cnc(Sc3cccc(NCC4CCN(c5ccc(C6CCC(=O)NC6=O)cc5)CC4)c3Cl)c(N)n2)CC1. The van der Waals surface area contributed by atoms with Gasteiger partial charge >= 0.3 is 0 Å². The van der Waals surface area contributed by atoms with Crippen LogP contribution in [-0.2, 0) is 9.59 Å². The van der Waals surface area contributed by atoms with Crippen LogP contribution in [0.5, 0.6) is 0 Å². The third-order valence-corrected chi connectivity index (χ3v) is 10.8. The quantitative estimate of drug-likeness (QED) is 0.246. The number of hydrogen-bond acceptors (Lipinski definition) is 10. The first kappa shape index (κ1) is 31.4. The fourth-order valence-electron chi connectivity index (χ4n) is 6.27. The van der Waals surface area contributed by atoms with Gasteiger partial charge in [0.15, 0.2) is 5.82 Å². The Morgan fingerprint density at radius 2 is 1.78 bits per heavy atom. The molecular formula is C33H41ClN8O2S. The van der Waals surface area contributed by atoms with Crippen molar-refractivity contribution in [3.63, 3.8) is 0 Å². The molecule has 1 atom stereocenters. The highest BCUT2D eigenvalue weighted by atomic mass is 35.5. The van der Waals surface area contributed by atoms with Crippen LogP contribution >= 0.6 is 23.4 Å². The highest BCUT2D eigenvalue weighted by Gasteiger charge is 2.29. The molecule has 12 heteroatoms. The first-order valence-corrected chi connectivity index (χ1v) is 16.9. The molecule has 3 aliphatic heterocycles. The number of aromatic nitrogens is 2. The summed E-state index contributed by atoms with van der Waals surface area (Å²) in [6.07, 6.45) is 6.68. The zero-order chi connectivity index (χ0) is 31.6. The minimum atomic E-state index is -0.253. The minimum Gasteiger partial charge on any atom is -0.384 e. The lowest BCUT2D eigenvalue weighted by atomic mass is 9.90. The van der Waals surface area contributed by atoms with Crippen molar-refractivity contribution in [2.24, 2.45) is 11.7 Å². The van der Waals surface area contributed by atoms with E-state index in [1.165, 1.54) is 11.8 Å². The van der Waals surface area contributed by atoms with Crippen molar-refractivity contribution in [1.29, 1.82) is 0 Å². The fourth-order valence-corrected chi connectivity index (χ4v) is 7.39. The van der Waals surface area contributed by atoms with E-state index in [9.17, 15) is 9.59 Å². The Morgan fingerprint density at radius 1 is 1.04 bits per heavy atom. The highest BCUT2D eigenvalue weighted by Crippen LogP contribution is 2.39. The molecular weight excluding hydrogens is 608 g/mol. The largest absolute Gasteiger partial charge is 0.384 e. The molecule has 1 unspecified atom stereocenters. The van der Waals surface area contributed by atoms with Crippen LogP contribution in [0.1, 0.15) is 56.9 Å². The van der Waals surface area contributed by atoms with Crippen LogP contribution in [0, 0.1) is 5.92 Å². The Balaban J connectivity index is 1.000. The van der Waals surface area contributed by atoms with E-state index in [0.29, 0.717) is 34.6 Å². The van der Waals surface area contributed by atoms with Crippen molar-refractivity contribution in [3.8, 4) is 0 Å². The van der Waals surface area contributed by atoms with Gasteiger partial charge in [0.1, 0.15) is 10.8 Å². The Bertz CT molecular complexity index is 1530. The molecule has 3 saturated heterocycles. The molecule has 238 valence electrons. The normalized spacial score (nSPS) is 20.6. The van der Waals surface area contributed by atoms with Gasteiger partial charge < -0.3 is 26.6 Å². The molecule has 0 radical (unpaired) electrons. The molecule has 45 heavy (non-hydrogen) atoms. The second-order valence-corrected chi connectivity index (χ2v) is 14.1. The van der Waals surface area contributed by atoms with Crippen LogP contribution in [-0.4, -0.2) is 60.0 Å². The van der Waals surface area contributed by atoms with Gasteiger partial charge in [0.05, 0.1) is 22.8 Å². The molecule has 1 aromatic heterocycles. The van der Waals surface area contributed by atoms with E-state index in [1.54, 1.807) is 6.20 Å². The number of rotatable bonds is 8. The summed E-state index contributed by atoms with van der Waals surface area (Å²) in [4.78, 5) is 38.4. The number of piperidine rings is 3. The van der Waals surface area contributed by atoms with Gasteiger partial charge in [-0.15, -0.1) is 0 Å². The topological polar surface area (TPSA) is 142 Å². The van der Waals surface area contributed by atoms with Gasteiger partial charge in [-0.2, -0.15) is 0 Å². The standard InChI is InChI=1S/C33H41ClN8O2S/c1-33(36)13-17-42(18-14-33)27-20-38-32(30(35)39-27)45-26-4-2-3-25(29(26)34)37-19-21-11-15-41(16-12-21)23-7-5-22(6-8-23)24-9-10-28(43)40-31(24)44/h2-8,20-21,24,37H,9-19,36H2,1H3,(H2,35,39)(H,40,43,44). The fraction of sp³-hybridized carbons (Fsp3) is 0.455. The average Bonchev–Trinajstić information content (AvgIpc) is 3.03. The number of halogens is 1. The summed E-state index contributed by atoms with van der Waals surface area (Å²) in [5, 5.41) is 7.32. The van der Waals surface area contributed by atoms with Gasteiger partial charge in [-0.3, -0.25) is 14.9 Å². The van der Waals surface area contributed by atoms with E-state index >= 15 is 0 Å². The highest BCUT2D eigenvalue weighted by molar-refractivity contribution is 7.99. The van der Waals surface area contributed by atoms with Crippen LogP contribution in [0.15, 0.2) is 58.6 Å². The van der Waals surface area contributed by atoms with Crippen molar-refractivity contribution < 1.29 is 9.59 Å². The second kappa shape index (κ2) is 13.4. The smallest absolute Gasteiger partial charge is 0.234 e. The first-order chi connectivity index (χ1) is 21.6. The number of nitrogens with one attached hydrogen (secondary N) is 2. The second-order valence-electron chi connectivity index (χ2n) is 12.7. The monoisotopic (exact) mass is 648 g/mol. The first-order valence-electron chi connectivity index (χ1n) is 15.7. The molecule has 0 saturated carbocycles. The maximum absolute atomic E-state index is 12.2. The number of carbonyl (C=O) groups is 2. The lowest BCUT2D eigenvalue weighted by Crippen LogP contribution is -2.48. The van der Waals surface area contributed by atoms with Gasteiger partial charge in [-0.1, -0.05) is 41.6 Å². The average molecular weight is 649 g/mol.